The number of piperazine rings is 1. The number of carbonyl (C=O) groups is 3. The van der Waals surface area contributed by atoms with Gasteiger partial charge in [0.15, 0.2) is 0 Å². The summed E-state index contributed by atoms with van der Waals surface area (Å²) in [6, 6.07) is 15.0. The number of nitrogens with one attached hydrogen (secondary N) is 3. The first kappa shape index (κ1) is 22.5. The highest BCUT2D eigenvalue weighted by atomic mass is 16.2. The van der Waals surface area contributed by atoms with Crippen LogP contribution in [0.3, 0.4) is 0 Å². The van der Waals surface area contributed by atoms with Crippen molar-refractivity contribution in [3.63, 3.8) is 0 Å². The lowest BCUT2D eigenvalue weighted by atomic mass is 10.1. The molecule has 8 nitrogen and oxygen atoms in total. The van der Waals surface area contributed by atoms with Crippen molar-refractivity contribution in [2.75, 3.05) is 48.7 Å². The highest BCUT2D eigenvalue weighted by Gasteiger charge is 2.19. The second-order valence-electron chi connectivity index (χ2n) is 7.74. The molecule has 3 rings (SSSR count). The lowest BCUT2D eigenvalue weighted by Gasteiger charge is -2.34. The predicted octanol–water partition coefficient (Wildman–Crippen LogP) is 2.36. The van der Waals surface area contributed by atoms with Gasteiger partial charge in [0.25, 0.3) is 0 Å². The van der Waals surface area contributed by atoms with Crippen molar-refractivity contribution in [2.24, 2.45) is 0 Å². The van der Waals surface area contributed by atoms with Crippen LogP contribution in [0.5, 0.6) is 0 Å². The monoisotopic (exact) mass is 423 g/mol. The summed E-state index contributed by atoms with van der Waals surface area (Å²) in [5.41, 5.74) is 3.41. The van der Waals surface area contributed by atoms with Gasteiger partial charge in [-0.1, -0.05) is 12.1 Å². The van der Waals surface area contributed by atoms with E-state index in [1.54, 1.807) is 24.3 Å². The van der Waals surface area contributed by atoms with Gasteiger partial charge in [0.1, 0.15) is 0 Å². The minimum absolute atomic E-state index is 0.0470. The van der Waals surface area contributed by atoms with Crippen molar-refractivity contribution in [3.8, 4) is 0 Å². The standard InChI is InChI=1S/C23H29N5O3/c1-17(29)24-20-5-3-19(4-6-20)15-27-11-13-28(14-12-27)16-23(31)26-22-9-7-21(8-10-22)25-18(2)30/h3-10H,11-16H2,1-2H3,(H,24,29)(H,25,30)(H,26,31). The van der Waals surface area contributed by atoms with E-state index >= 15 is 0 Å². The van der Waals surface area contributed by atoms with Crippen molar-refractivity contribution in [1.29, 1.82) is 0 Å². The summed E-state index contributed by atoms with van der Waals surface area (Å²) >= 11 is 0. The van der Waals surface area contributed by atoms with Gasteiger partial charge in [-0.15, -0.1) is 0 Å². The highest BCUT2D eigenvalue weighted by molar-refractivity contribution is 5.93. The molecule has 0 aromatic heterocycles. The van der Waals surface area contributed by atoms with Crippen LogP contribution in [0.4, 0.5) is 17.1 Å². The molecule has 2 aromatic carbocycles. The van der Waals surface area contributed by atoms with Crippen molar-refractivity contribution >= 4 is 34.8 Å². The molecule has 1 aliphatic rings. The maximum atomic E-state index is 12.4. The molecule has 0 saturated carbocycles. The molecule has 0 spiro atoms. The van der Waals surface area contributed by atoms with E-state index in [9.17, 15) is 14.4 Å². The minimum Gasteiger partial charge on any atom is -0.326 e. The summed E-state index contributed by atoms with van der Waals surface area (Å²) in [5.74, 6) is -0.248. The lowest BCUT2D eigenvalue weighted by Crippen LogP contribution is -2.48. The maximum Gasteiger partial charge on any atom is 0.238 e. The number of rotatable bonds is 7. The third kappa shape index (κ3) is 7.51. The van der Waals surface area contributed by atoms with Crippen LogP contribution in [0.15, 0.2) is 48.5 Å². The Kier molecular flexibility index (Phi) is 7.75. The van der Waals surface area contributed by atoms with Gasteiger partial charge >= 0.3 is 0 Å². The van der Waals surface area contributed by atoms with E-state index in [-0.39, 0.29) is 17.7 Å². The predicted molar refractivity (Wildman–Crippen MR) is 122 cm³/mol. The van der Waals surface area contributed by atoms with Gasteiger partial charge in [-0.3, -0.25) is 24.2 Å². The molecule has 2 aromatic rings. The topological polar surface area (TPSA) is 93.8 Å². The van der Waals surface area contributed by atoms with Gasteiger partial charge in [0.05, 0.1) is 6.54 Å². The van der Waals surface area contributed by atoms with E-state index in [0.29, 0.717) is 17.9 Å². The molecule has 1 aliphatic heterocycles. The first-order valence-corrected chi connectivity index (χ1v) is 10.4. The van der Waals surface area contributed by atoms with E-state index < -0.39 is 0 Å². The van der Waals surface area contributed by atoms with Crippen molar-refractivity contribution in [3.05, 3.63) is 54.1 Å². The molecule has 164 valence electrons. The third-order valence-corrected chi connectivity index (χ3v) is 5.00. The Morgan fingerprint density at radius 3 is 1.58 bits per heavy atom. The Morgan fingerprint density at radius 1 is 0.677 bits per heavy atom. The first-order chi connectivity index (χ1) is 14.9. The Labute approximate surface area is 182 Å². The number of hydrogen-bond acceptors (Lipinski definition) is 5. The number of anilines is 3. The zero-order valence-electron chi connectivity index (χ0n) is 18.0. The van der Waals surface area contributed by atoms with Gasteiger partial charge < -0.3 is 16.0 Å². The lowest BCUT2D eigenvalue weighted by molar-refractivity contribution is -0.118. The Morgan fingerprint density at radius 2 is 1.10 bits per heavy atom. The van der Waals surface area contributed by atoms with Crippen LogP contribution in [-0.4, -0.2) is 60.2 Å². The average Bonchev–Trinajstić information content (AvgIpc) is 2.72. The molecule has 3 amide bonds. The van der Waals surface area contributed by atoms with Gasteiger partial charge in [-0.2, -0.15) is 0 Å². The molecule has 0 aliphatic carbocycles. The fourth-order valence-electron chi connectivity index (χ4n) is 3.50. The van der Waals surface area contributed by atoms with Crippen LogP contribution in [0.1, 0.15) is 19.4 Å². The van der Waals surface area contributed by atoms with Crippen LogP contribution in [0.25, 0.3) is 0 Å². The van der Waals surface area contributed by atoms with Crippen LogP contribution in [0.2, 0.25) is 0 Å². The summed E-state index contributed by atoms with van der Waals surface area (Å²) in [6.45, 7) is 7.61. The number of amides is 3. The number of nitrogens with zero attached hydrogens (tertiary/aromatic N) is 2. The van der Waals surface area contributed by atoms with Crippen LogP contribution < -0.4 is 16.0 Å². The van der Waals surface area contributed by atoms with Gasteiger partial charge in [-0.05, 0) is 42.0 Å². The molecule has 0 radical (unpaired) electrons. The zero-order valence-corrected chi connectivity index (χ0v) is 18.0. The van der Waals surface area contributed by atoms with Gasteiger partial charge in [0, 0.05) is 63.6 Å². The largest absolute Gasteiger partial charge is 0.326 e. The molecule has 0 unspecified atom stereocenters. The molecular weight excluding hydrogens is 394 g/mol. The van der Waals surface area contributed by atoms with E-state index in [1.165, 1.54) is 19.4 Å². The van der Waals surface area contributed by atoms with E-state index in [2.05, 4.69) is 25.8 Å². The second-order valence-corrected chi connectivity index (χ2v) is 7.74. The summed E-state index contributed by atoms with van der Waals surface area (Å²) in [7, 11) is 0. The van der Waals surface area contributed by atoms with Crippen molar-refractivity contribution < 1.29 is 14.4 Å². The van der Waals surface area contributed by atoms with E-state index in [4.69, 9.17) is 0 Å². The Hall–Kier alpha value is -3.23. The smallest absolute Gasteiger partial charge is 0.238 e. The summed E-state index contributed by atoms with van der Waals surface area (Å²) in [5, 5.41) is 8.38. The highest BCUT2D eigenvalue weighted by Crippen LogP contribution is 2.15. The fourth-order valence-corrected chi connectivity index (χ4v) is 3.50. The molecule has 1 saturated heterocycles. The van der Waals surface area contributed by atoms with Crippen LogP contribution >= 0.6 is 0 Å². The number of benzene rings is 2. The number of hydrogen-bond donors (Lipinski definition) is 3. The molecule has 31 heavy (non-hydrogen) atoms. The fraction of sp³-hybridized carbons (Fsp3) is 0.348. The molecule has 3 N–H and O–H groups in total. The molecule has 0 bridgehead atoms. The Bertz CT molecular complexity index is 904. The van der Waals surface area contributed by atoms with Gasteiger partial charge in [-0.25, -0.2) is 0 Å². The average molecular weight is 424 g/mol. The maximum absolute atomic E-state index is 12.4. The molecule has 1 heterocycles. The quantitative estimate of drug-likeness (QED) is 0.636. The van der Waals surface area contributed by atoms with Crippen molar-refractivity contribution in [2.45, 2.75) is 20.4 Å². The molecule has 8 heteroatoms. The zero-order chi connectivity index (χ0) is 22.2. The molecule has 0 atom stereocenters. The third-order valence-electron chi connectivity index (χ3n) is 5.00. The van der Waals surface area contributed by atoms with Crippen LogP contribution in [-0.2, 0) is 20.9 Å². The van der Waals surface area contributed by atoms with Crippen LogP contribution in [0, 0.1) is 0 Å². The van der Waals surface area contributed by atoms with Crippen molar-refractivity contribution in [1.82, 2.24) is 9.80 Å². The first-order valence-electron chi connectivity index (χ1n) is 10.4. The molecular formula is C23H29N5O3. The molecule has 1 fully saturated rings. The summed E-state index contributed by atoms with van der Waals surface area (Å²) in [6.07, 6.45) is 0. The van der Waals surface area contributed by atoms with Gasteiger partial charge in [0.2, 0.25) is 17.7 Å². The minimum atomic E-state index is -0.127. The second kappa shape index (κ2) is 10.7. The summed E-state index contributed by atoms with van der Waals surface area (Å²) < 4.78 is 0. The number of carbonyl (C=O) groups excluding carboxylic acids is 3. The van der Waals surface area contributed by atoms with E-state index in [1.807, 2.05) is 24.3 Å². The summed E-state index contributed by atoms with van der Waals surface area (Å²) in [4.78, 5) is 39.0. The van der Waals surface area contributed by atoms with E-state index in [0.717, 1.165) is 38.4 Å². The SMILES string of the molecule is CC(=O)Nc1ccc(CN2CCN(CC(=O)Nc3ccc(NC(C)=O)cc3)CC2)cc1. The Balaban J connectivity index is 1.39. The normalized spacial score (nSPS) is 14.6.